The highest BCUT2D eigenvalue weighted by Crippen LogP contribution is 2.55. The number of hydrogen-bond donors (Lipinski definition) is 3. The van der Waals surface area contributed by atoms with E-state index in [4.69, 9.17) is 24.3 Å². The highest BCUT2D eigenvalue weighted by molar-refractivity contribution is 9.10. The number of aryl methyl sites for hydroxylation is 1. The summed E-state index contributed by atoms with van der Waals surface area (Å²) in [4.78, 5) is 19.3. The van der Waals surface area contributed by atoms with Gasteiger partial charge in [-0.2, -0.15) is 10.4 Å². The second kappa shape index (κ2) is 9.77. The van der Waals surface area contributed by atoms with Crippen molar-refractivity contribution in [1.29, 1.82) is 5.26 Å². The predicted octanol–water partition coefficient (Wildman–Crippen LogP) is 1.92. The first-order valence-electron chi connectivity index (χ1n) is 11.5. The number of hydrogen-bond acceptors (Lipinski definition) is 12. The Morgan fingerprint density at radius 1 is 1.49 bits per heavy atom. The summed E-state index contributed by atoms with van der Waals surface area (Å²) in [5.74, 6) is -0.217. The molecule has 5 heterocycles. The van der Waals surface area contributed by atoms with Gasteiger partial charge in [-0.25, -0.2) is 23.5 Å². The van der Waals surface area contributed by atoms with Gasteiger partial charge < -0.3 is 24.8 Å². The smallest absolute Gasteiger partial charge is 0.459 e. The van der Waals surface area contributed by atoms with E-state index in [1.807, 2.05) is 0 Å². The van der Waals surface area contributed by atoms with Gasteiger partial charge in [-0.3, -0.25) is 14.3 Å². The Kier molecular flexibility index (Phi) is 6.86. The first kappa shape index (κ1) is 27.4. The van der Waals surface area contributed by atoms with Crippen molar-refractivity contribution in [1.82, 2.24) is 24.7 Å². The standard InChI is InChI=1S/C22H22BrFN7O7P/c1-11-18-14(13(5-27-11)7-35-12(2)32)6-30-39(34,38-18)36-8-16-19(33)22(23,24)21(9-25,37-16)17-4-3-15-20(26)28-10-29-31(15)17/h3-5,10,16,19,33H,6-8H2,1-2H3,(H,30,34)(H2,26,28,29)/t16-,19?,21+,22-,39?/m1/s1. The van der Waals surface area contributed by atoms with Gasteiger partial charge in [-0.1, -0.05) is 0 Å². The number of nitrogens with zero attached hydrogens (tertiary/aromatic N) is 5. The molecular formula is C22H22BrFN7O7P. The number of nitrogens with one attached hydrogen (secondary N) is 1. The number of rotatable bonds is 6. The van der Waals surface area contributed by atoms with E-state index in [2.05, 4.69) is 36.1 Å². The molecule has 1 fully saturated rings. The van der Waals surface area contributed by atoms with E-state index in [9.17, 15) is 19.7 Å². The topological polar surface area (TPSA) is 196 Å². The van der Waals surface area contributed by atoms with Gasteiger partial charge in [0.1, 0.15) is 36.7 Å². The van der Waals surface area contributed by atoms with Crippen molar-refractivity contribution in [3.63, 3.8) is 0 Å². The predicted molar refractivity (Wildman–Crippen MR) is 134 cm³/mol. The molecule has 0 radical (unpaired) electrons. The van der Waals surface area contributed by atoms with Crippen LogP contribution < -0.4 is 15.3 Å². The minimum Gasteiger partial charge on any atom is -0.461 e. The third-order valence-corrected chi connectivity index (χ3v) is 8.91. The molecule has 206 valence electrons. The van der Waals surface area contributed by atoms with E-state index in [1.54, 1.807) is 13.0 Å². The third kappa shape index (κ3) is 4.45. The van der Waals surface area contributed by atoms with Gasteiger partial charge >= 0.3 is 13.7 Å². The Labute approximate surface area is 228 Å². The Hall–Kier alpha value is -3.19. The van der Waals surface area contributed by atoms with Crippen LogP contribution in [-0.2, 0) is 42.1 Å². The van der Waals surface area contributed by atoms with Crippen LogP contribution in [0.3, 0.4) is 0 Å². The summed E-state index contributed by atoms with van der Waals surface area (Å²) < 4.78 is 49.8. The second-order valence-corrected chi connectivity index (χ2v) is 11.8. The number of aromatic nitrogens is 4. The summed E-state index contributed by atoms with van der Waals surface area (Å²) in [6.07, 6.45) is -0.763. The average Bonchev–Trinajstić information content (AvgIpc) is 3.41. The molecule has 3 aromatic rings. The van der Waals surface area contributed by atoms with Crippen molar-refractivity contribution in [2.45, 2.75) is 49.4 Å². The number of anilines is 1. The van der Waals surface area contributed by atoms with Crippen molar-refractivity contribution in [3.8, 4) is 11.8 Å². The lowest BCUT2D eigenvalue weighted by atomic mass is 9.93. The van der Waals surface area contributed by atoms with Crippen molar-refractivity contribution >= 4 is 41.0 Å². The first-order chi connectivity index (χ1) is 18.4. The quantitative estimate of drug-likeness (QED) is 0.204. The molecule has 0 aliphatic carbocycles. The van der Waals surface area contributed by atoms with Crippen molar-refractivity contribution in [3.05, 3.63) is 47.2 Å². The number of aliphatic hydroxyl groups is 1. The third-order valence-electron chi connectivity index (χ3n) is 6.43. The Morgan fingerprint density at radius 3 is 2.97 bits per heavy atom. The summed E-state index contributed by atoms with van der Waals surface area (Å²) in [5.41, 5.74) is 5.21. The molecule has 2 aliphatic rings. The monoisotopic (exact) mass is 625 g/mol. The molecule has 4 N–H and O–H groups in total. The van der Waals surface area contributed by atoms with E-state index in [1.165, 1.54) is 29.8 Å². The van der Waals surface area contributed by atoms with Crippen LogP contribution in [0.1, 0.15) is 29.4 Å². The van der Waals surface area contributed by atoms with Crippen LogP contribution in [0.5, 0.6) is 5.75 Å². The van der Waals surface area contributed by atoms with Gasteiger partial charge in [-0.05, 0) is 35.0 Å². The summed E-state index contributed by atoms with van der Waals surface area (Å²) >= 11 is 2.83. The van der Waals surface area contributed by atoms with E-state index < -0.39 is 42.7 Å². The molecule has 0 amide bonds. The van der Waals surface area contributed by atoms with Crippen LogP contribution in [-0.4, -0.2) is 54.1 Å². The molecule has 5 atom stereocenters. The van der Waals surface area contributed by atoms with Gasteiger partial charge in [0.25, 0.3) is 0 Å². The lowest BCUT2D eigenvalue weighted by Gasteiger charge is -2.29. The number of nitriles is 1. The van der Waals surface area contributed by atoms with Crippen LogP contribution in [0.2, 0.25) is 0 Å². The zero-order valence-electron chi connectivity index (χ0n) is 20.5. The lowest BCUT2D eigenvalue weighted by molar-refractivity contribution is -0.142. The molecule has 14 nitrogen and oxygen atoms in total. The van der Waals surface area contributed by atoms with Gasteiger partial charge in [0.05, 0.1) is 18.0 Å². The van der Waals surface area contributed by atoms with Gasteiger partial charge in [0, 0.05) is 30.8 Å². The van der Waals surface area contributed by atoms with E-state index in [0.29, 0.717) is 22.3 Å². The number of carbonyl (C=O) groups is 1. The zero-order valence-corrected chi connectivity index (χ0v) is 23.0. The number of aliphatic hydroxyl groups excluding tert-OH is 1. The summed E-state index contributed by atoms with van der Waals surface area (Å²) in [6.45, 7) is 2.24. The van der Waals surface area contributed by atoms with E-state index >= 15 is 4.39 Å². The lowest BCUT2D eigenvalue weighted by Crippen LogP contribution is -2.46. The maximum atomic E-state index is 16.1. The molecule has 3 aromatic heterocycles. The molecule has 39 heavy (non-hydrogen) atoms. The fourth-order valence-electron chi connectivity index (χ4n) is 4.41. The normalized spacial score (nSPS) is 29.9. The fraction of sp³-hybridized carbons (Fsp3) is 0.409. The number of ether oxygens (including phenoxy) is 2. The number of nitrogen functional groups attached to an aromatic ring is 1. The van der Waals surface area contributed by atoms with Crippen molar-refractivity contribution in [2.24, 2.45) is 0 Å². The summed E-state index contributed by atoms with van der Waals surface area (Å²) in [6, 6.07) is 4.65. The van der Waals surface area contributed by atoms with Crippen molar-refractivity contribution < 1.29 is 37.4 Å². The summed E-state index contributed by atoms with van der Waals surface area (Å²) in [7, 11) is -4.06. The van der Waals surface area contributed by atoms with Gasteiger partial charge in [0.2, 0.25) is 10.2 Å². The van der Waals surface area contributed by atoms with Gasteiger partial charge in [0.15, 0.2) is 11.6 Å². The second-order valence-electron chi connectivity index (χ2n) is 8.85. The number of fused-ring (bicyclic) bond motifs is 2. The Bertz CT molecular complexity index is 1560. The van der Waals surface area contributed by atoms with Crippen molar-refractivity contribution in [2.75, 3.05) is 12.3 Å². The van der Waals surface area contributed by atoms with E-state index in [0.717, 1.165) is 6.33 Å². The summed E-state index contributed by atoms with van der Waals surface area (Å²) in [5, 5.41) is 27.6. The number of esters is 1. The number of alkyl halides is 2. The number of nitrogens with two attached hydrogens (primary N) is 1. The molecular weight excluding hydrogens is 604 g/mol. The molecule has 0 aromatic carbocycles. The number of carbonyl (C=O) groups excluding carboxylic acids is 1. The van der Waals surface area contributed by atoms with Gasteiger partial charge in [-0.15, -0.1) is 0 Å². The minimum atomic E-state index is -4.06. The Balaban J connectivity index is 1.38. The maximum absolute atomic E-state index is 16.1. The molecule has 2 unspecified atom stereocenters. The maximum Gasteiger partial charge on any atom is 0.459 e. The zero-order chi connectivity index (χ0) is 28.2. The van der Waals surface area contributed by atoms with Crippen LogP contribution >= 0.6 is 23.7 Å². The minimum absolute atomic E-state index is 0.0194. The largest absolute Gasteiger partial charge is 0.461 e. The average molecular weight is 626 g/mol. The van der Waals surface area contributed by atoms with Crippen LogP contribution in [0.15, 0.2) is 24.7 Å². The molecule has 5 rings (SSSR count). The van der Waals surface area contributed by atoms with Crippen LogP contribution in [0.4, 0.5) is 10.2 Å². The van der Waals surface area contributed by atoms with E-state index in [-0.39, 0.29) is 30.4 Å². The number of halogens is 2. The molecule has 17 heteroatoms. The fourth-order valence-corrected chi connectivity index (χ4v) is 6.48. The first-order valence-corrected chi connectivity index (χ1v) is 13.8. The Morgan fingerprint density at radius 2 is 2.26 bits per heavy atom. The molecule has 1 saturated heterocycles. The highest BCUT2D eigenvalue weighted by Gasteiger charge is 2.69. The molecule has 0 bridgehead atoms. The highest BCUT2D eigenvalue weighted by atomic mass is 79.9. The molecule has 2 aliphatic heterocycles. The molecule has 0 saturated carbocycles. The van der Waals surface area contributed by atoms with Crippen LogP contribution in [0.25, 0.3) is 5.52 Å². The molecule has 0 spiro atoms. The number of pyridine rings is 1. The van der Waals surface area contributed by atoms with Crippen LogP contribution in [0, 0.1) is 18.3 Å². The SMILES string of the molecule is CC(=O)OCc1cnc(C)c2c1CNP(=O)(OC[C@H]1O[C@@](C#N)(c3ccc4c(N)ncnn34)[C@@](F)(Br)C1O)O2.